The third-order valence-electron chi connectivity index (χ3n) is 3.47. The Labute approximate surface area is 113 Å². The Morgan fingerprint density at radius 2 is 2.29 bits per heavy atom. The molecule has 1 fully saturated rings. The van der Waals surface area contributed by atoms with Crippen molar-refractivity contribution in [2.45, 2.75) is 31.8 Å². The fraction of sp³-hybridized carbons (Fsp3) is 0.571. The van der Waals surface area contributed by atoms with Gasteiger partial charge in [0.2, 0.25) is 0 Å². The summed E-state index contributed by atoms with van der Waals surface area (Å²) in [6, 6.07) is 9.28. The molecule has 2 rings (SSSR count). The number of hydrogen-bond acceptors (Lipinski definition) is 2. The van der Waals surface area contributed by atoms with Crippen LogP contribution in [-0.4, -0.2) is 31.1 Å². The van der Waals surface area contributed by atoms with E-state index < -0.39 is 0 Å². The molecule has 0 bridgehead atoms. The maximum Gasteiger partial charge on any atom is 0.0234 e. The van der Waals surface area contributed by atoms with Gasteiger partial charge in [0.15, 0.2) is 0 Å². The minimum absolute atomic E-state index is 0.677. The van der Waals surface area contributed by atoms with Crippen molar-refractivity contribution in [3.05, 3.63) is 34.3 Å². The average Bonchev–Trinajstić information content (AvgIpc) is 2.57. The van der Waals surface area contributed by atoms with Crippen molar-refractivity contribution >= 4 is 15.9 Å². The lowest BCUT2D eigenvalue weighted by Crippen LogP contribution is -2.38. The zero-order chi connectivity index (χ0) is 12.1. The van der Waals surface area contributed by atoms with Crippen molar-refractivity contribution in [1.29, 1.82) is 0 Å². The first-order valence-corrected chi connectivity index (χ1v) is 7.20. The Morgan fingerprint density at radius 3 is 3.12 bits per heavy atom. The van der Waals surface area contributed by atoms with Crippen LogP contribution in [0.5, 0.6) is 0 Å². The lowest BCUT2D eigenvalue weighted by atomic mass is 10.1. The number of benzene rings is 1. The second-order valence-corrected chi connectivity index (χ2v) is 5.81. The van der Waals surface area contributed by atoms with Gasteiger partial charge in [0.05, 0.1) is 0 Å². The molecule has 17 heavy (non-hydrogen) atoms. The molecular formula is C14H21BrN2. The summed E-state index contributed by atoms with van der Waals surface area (Å²) in [4.78, 5) is 2.47. The third-order valence-corrected chi connectivity index (χ3v) is 3.96. The molecule has 94 valence electrons. The van der Waals surface area contributed by atoms with Crippen molar-refractivity contribution in [2.24, 2.45) is 0 Å². The molecule has 2 nitrogen and oxygen atoms in total. The van der Waals surface area contributed by atoms with E-state index in [9.17, 15) is 0 Å². The summed E-state index contributed by atoms with van der Waals surface area (Å²) in [5.41, 5.74) is 1.38. The van der Waals surface area contributed by atoms with E-state index in [1.54, 1.807) is 0 Å². The van der Waals surface area contributed by atoms with Crippen LogP contribution in [0.1, 0.15) is 24.8 Å². The van der Waals surface area contributed by atoms with Crippen LogP contribution in [0.15, 0.2) is 28.7 Å². The van der Waals surface area contributed by atoms with Crippen molar-refractivity contribution in [3.8, 4) is 0 Å². The fourth-order valence-corrected chi connectivity index (χ4v) is 2.88. The first kappa shape index (κ1) is 13.1. The molecule has 0 spiro atoms. The zero-order valence-electron chi connectivity index (χ0n) is 10.5. The van der Waals surface area contributed by atoms with Crippen LogP contribution in [0.4, 0.5) is 0 Å². The van der Waals surface area contributed by atoms with Crippen LogP contribution in [0.25, 0.3) is 0 Å². The molecule has 1 saturated heterocycles. The van der Waals surface area contributed by atoms with E-state index in [1.165, 1.54) is 35.8 Å². The predicted molar refractivity (Wildman–Crippen MR) is 76.1 cm³/mol. The summed E-state index contributed by atoms with van der Waals surface area (Å²) in [6.07, 6.45) is 3.99. The summed E-state index contributed by atoms with van der Waals surface area (Å²) in [6.45, 7) is 3.34. The Hall–Kier alpha value is -0.380. The second kappa shape index (κ2) is 6.53. The van der Waals surface area contributed by atoms with Gasteiger partial charge in [-0.25, -0.2) is 0 Å². The smallest absolute Gasteiger partial charge is 0.0234 e. The van der Waals surface area contributed by atoms with E-state index in [4.69, 9.17) is 0 Å². The third kappa shape index (κ3) is 4.09. The van der Waals surface area contributed by atoms with Crippen LogP contribution >= 0.6 is 15.9 Å². The summed E-state index contributed by atoms with van der Waals surface area (Å²) in [5, 5.41) is 3.52. The van der Waals surface area contributed by atoms with E-state index in [0.29, 0.717) is 6.04 Å². The molecule has 1 aromatic carbocycles. The minimum atomic E-state index is 0.677. The average molecular weight is 297 g/mol. The lowest BCUT2D eigenvalue weighted by molar-refractivity contribution is 0.222. The molecule has 0 aromatic heterocycles. The molecule has 0 amide bonds. The van der Waals surface area contributed by atoms with Gasteiger partial charge in [0.1, 0.15) is 0 Å². The maximum atomic E-state index is 3.53. The summed E-state index contributed by atoms with van der Waals surface area (Å²) >= 11 is 3.53. The summed E-state index contributed by atoms with van der Waals surface area (Å²) < 4.78 is 1.17. The van der Waals surface area contributed by atoms with Crippen LogP contribution in [-0.2, 0) is 6.54 Å². The highest BCUT2D eigenvalue weighted by Gasteiger charge is 2.16. The molecule has 1 heterocycles. The van der Waals surface area contributed by atoms with Crippen LogP contribution < -0.4 is 5.32 Å². The molecule has 1 aliphatic rings. The number of rotatable bonds is 3. The van der Waals surface area contributed by atoms with Crippen LogP contribution in [0.2, 0.25) is 0 Å². The highest BCUT2D eigenvalue weighted by Crippen LogP contribution is 2.16. The van der Waals surface area contributed by atoms with Crippen LogP contribution in [0, 0.1) is 0 Å². The van der Waals surface area contributed by atoms with Gasteiger partial charge in [-0.15, -0.1) is 0 Å². The second-order valence-electron chi connectivity index (χ2n) is 4.90. The quantitative estimate of drug-likeness (QED) is 0.922. The highest BCUT2D eigenvalue weighted by molar-refractivity contribution is 9.10. The van der Waals surface area contributed by atoms with E-state index in [1.807, 2.05) is 0 Å². The van der Waals surface area contributed by atoms with Crippen LogP contribution in [0.3, 0.4) is 0 Å². The number of nitrogens with zero attached hydrogens (tertiary/aromatic N) is 1. The molecule has 3 heteroatoms. The van der Waals surface area contributed by atoms with Gasteiger partial charge < -0.3 is 5.32 Å². The zero-order valence-corrected chi connectivity index (χ0v) is 12.0. The maximum absolute atomic E-state index is 3.53. The van der Waals surface area contributed by atoms with Gasteiger partial charge in [-0.2, -0.15) is 0 Å². The number of hydrogen-bond donors (Lipinski definition) is 1. The largest absolute Gasteiger partial charge is 0.315 e. The van der Waals surface area contributed by atoms with Gasteiger partial charge in [-0.3, -0.25) is 4.90 Å². The van der Waals surface area contributed by atoms with E-state index in [-0.39, 0.29) is 0 Å². The normalized spacial score (nSPS) is 21.5. The predicted octanol–water partition coefficient (Wildman–Crippen LogP) is 3.02. The molecular weight excluding hydrogens is 276 g/mol. The van der Waals surface area contributed by atoms with E-state index in [0.717, 1.165) is 13.1 Å². The Bertz CT molecular complexity index is 346. The first-order valence-electron chi connectivity index (χ1n) is 6.41. The first-order chi connectivity index (χ1) is 8.25. The minimum Gasteiger partial charge on any atom is -0.315 e. The summed E-state index contributed by atoms with van der Waals surface area (Å²) in [7, 11) is 2.23. The lowest BCUT2D eigenvalue weighted by Gasteiger charge is -2.27. The number of nitrogens with one attached hydrogen (secondary N) is 1. The fourth-order valence-electron chi connectivity index (χ4n) is 2.43. The molecule has 1 aromatic rings. The molecule has 1 unspecified atom stereocenters. The topological polar surface area (TPSA) is 15.3 Å². The molecule has 0 aliphatic carbocycles. The van der Waals surface area contributed by atoms with Gasteiger partial charge >= 0.3 is 0 Å². The van der Waals surface area contributed by atoms with Crippen molar-refractivity contribution in [1.82, 2.24) is 10.2 Å². The van der Waals surface area contributed by atoms with Gasteiger partial charge in [0, 0.05) is 23.6 Å². The number of halogens is 1. The molecule has 0 radical (unpaired) electrons. The molecule has 1 atom stereocenters. The van der Waals surface area contributed by atoms with Gasteiger partial charge in [0.25, 0.3) is 0 Å². The van der Waals surface area contributed by atoms with Gasteiger partial charge in [-0.05, 0) is 44.1 Å². The Morgan fingerprint density at radius 1 is 1.41 bits per heavy atom. The van der Waals surface area contributed by atoms with Crippen molar-refractivity contribution in [2.75, 3.05) is 20.1 Å². The molecule has 0 saturated carbocycles. The standard InChI is InChI=1S/C14H21BrN2/c1-17(14-7-2-3-8-16-10-14)11-12-5-4-6-13(15)9-12/h4-6,9,14,16H,2-3,7-8,10-11H2,1H3. The molecule has 1 N–H and O–H groups in total. The Kier molecular flexibility index (Phi) is 5.01. The van der Waals surface area contributed by atoms with E-state index in [2.05, 4.69) is 57.5 Å². The SMILES string of the molecule is CN(Cc1cccc(Br)c1)C1CCCCNC1. The van der Waals surface area contributed by atoms with Gasteiger partial charge in [-0.1, -0.05) is 34.5 Å². The Balaban J connectivity index is 1.93. The number of likely N-dealkylation sites (N-methyl/N-ethyl adjacent to an activating group) is 1. The van der Waals surface area contributed by atoms with Crippen molar-refractivity contribution in [3.63, 3.8) is 0 Å². The molecule has 1 aliphatic heterocycles. The van der Waals surface area contributed by atoms with Crippen molar-refractivity contribution < 1.29 is 0 Å². The monoisotopic (exact) mass is 296 g/mol. The van der Waals surface area contributed by atoms with E-state index >= 15 is 0 Å². The summed E-state index contributed by atoms with van der Waals surface area (Å²) in [5.74, 6) is 0. The highest BCUT2D eigenvalue weighted by atomic mass is 79.9.